The maximum Gasteiger partial charge on any atom is 0.264 e. The van der Waals surface area contributed by atoms with Gasteiger partial charge in [0.15, 0.2) is 0 Å². The van der Waals surface area contributed by atoms with Crippen LogP contribution in [0.2, 0.25) is 0 Å². The zero-order valence-electron chi connectivity index (χ0n) is 23.7. The maximum atomic E-state index is 14.0. The standard InChI is InChI=1S/C31H39N3O5S/c1-5-7-21-32-31(36)29(6-2)33(22-25-15-13-24(3)14-16-25)30(35)23-34(26-11-9-8-10-12-26)40(37,38)28-19-17-27(39-4)18-20-28/h8-20,29H,5-7,21-23H2,1-4H3,(H,32,36)/t29-/m0/s1. The van der Waals surface area contributed by atoms with E-state index in [9.17, 15) is 18.0 Å². The molecule has 0 aliphatic heterocycles. The van der Waals surface area contributed by atoms with E-state index in [1.165, 1.54) is 24.1 Å². The van der Waals surface area contributed by atoms with E-state index in [0.717, 1.165) is 28.3 Å². The van der Waals surface area contributed by atoms with Crippen molar-refractivity contribution in [3.8, 4) is 5.75 Å². The fourth-order valence-electron chi connectivity index (χ4n) is 4.31. The quantitative estimate of drug-likeness (QED) is 0.280. The van der Waals surface area contributed by atoms with Crippen molar-refractivity contribution >= 4 is 27.5 Å². The molecule has 0 aromatic heterocycles. The molecule has 0 saturated carbocycles. The summed E-state index contributed by atoms with van der Waals surface area (Å²) in [4.78, 5) is 28.8. The van der Waals surface area contributed by atoms with Gasteiger partial charge in [-0.2, -0.15) is 0 Å². The second-order valence-corrected chi connectivity index (χ2v) is 11.5. The molecule has 0 spiro atoms. The molecule has 0 aliphatic rings. The number of para-hydroxylation sites is 1. The SMILES string of the molecule is CCCCNC(=O)[C@H](CC)N(Cc1ccc(C)cc1)C(=O)CN(c1ccccc1)S(=O)(=O)c1ccc(OC)cc1. The molecule has 9 heteroatoms. The lowest BCUT2D eigenvalue weighted by atomic mass is 10.1. The monoisotopic (exact) mass is 565 g/mol. The van der Waals surface area contributed by atoms with E-state index in [4.69, 9.17) is 4.74 Å². The van der Waals surface area contributed by atoms with Crippen LogP contribution >= 0.6 is 0 Å². The van der Waals surface area contributed by atoms with Crippen molar-refractivity contribution in [1.82, 2.24) is 10.2 Å². The number of methoxy groups -OCH3 is 1. The molecule has 0 fully saturated rings. The number of rotatable bonds is 14. The molecule has 0 radical (unpaired) electrons. The molecule has 1 atom stereocenters. The molecule has 3 rings (SSSR count). The number of unbranched alkanes of at least 4 members (excludes halogenated alkanes) is 1. The van der Waals surface area contributed by atoms with Gasteiger partial charge in [0.1, 0.15) is 18.3 Å². The summed E-state index contributed by atoms with van der Waals surface area (Å²) in [6, 6.07) is 21.5. The van der Waals surface area contributed by atoms with Crippen LogP contribution in [0.5, 0.6) is 5.75 Å². The van der Waals surface area contributed by atoms with Gasteiger partial charge >= 0.3 is 0 Å². The molecule has 0 saturated heterocycles. The van der Waals surface area contributed by atoms with Crippen molar-refractivity contribution in [2.75, 3.05) is 24.5 Å². The molecule has 3 aromatic carbocycles. The minimum Gasteiger partial charge on any atom is -0.497 e. The number of aryl methyl sites for hydroxylation is 1. The zero-order chi connectivity index (χ0) is 29.1. The minimum atomic E-state index is -4.13. The summed E-state index contributed by atoms with van der Waals surface area (Å²) in [7, 11) is -2.62. The van der Waals surface area contributed by atoms with E-state index in [1.54, 1.807) is 42.5 Å². The van der Waals surface area contributed by atoms with Gasteiger partial charge in [-0.3, -0.25) is 13.9 Å². The van der Waals surface area contributed by atoms with Gasteiger partial charge in [0.2, 0.25) is 11.8 Å². The predicted octanol–water partition coefficient (Wildman–Crippen LogP) is 4.92. The highest BCUT2D eigenvalue weighted by Gasteiger charge is 2.33. The van der Waals surface area contributed by atoms with Crippen molar-refractivity contribution in [3.63, 3.8) is 0 Å². The van der Waals surface area contributed by atoms with Crippen LogP contribution in [0.15, 0.2) is 83.8 Å². The van der Waals surface area contributed by atoms with Gasteiger partial charge in [-0.1, -0.05) is 68.3 Å². The number of hydrogen-bond acceptors (Lipinski definition) is 5. The fraction of sp³-hybridized carbons (Fsp3) is 0.355. The lowest BCUT2D eigenvalue weighted by molar-refractivity contribution is -0.140. The Kier molecular flexibility index (Phi) is 11.1. The second kappa shape index (κ2) is 14.5. The first kappa shape index (κ1) is 30.7. The number of nitrogens with one attached hydrogen (secondary N) is 1. The van der Waals surface area contributed by atoms with Gasteiger partial charge in [-0.25, -0.2) is 8.42 Å². The Morgan fingerprint density at radius 1 is 0.925 bits per heavy atom. The van der Waals surface area contributed by atoms with Gasteiger partial charge in [0.05, 0.1) is 17.7 Å². The van der Waals surface area contributed by atoms with Crippen LogP contribution in [0.25, 0.3) is 0 Å². The average Bonchev–Trinajstić information content (AvgIpc) is 2.97. The highest BCUT2D eigenvalue weighted by molar-refractivity contribution is 7.92. The van der Waals surface area contributed by atoms with Crippen LogP contribution in [0.1, 0.15) is 44.2 Å². The Bertz CT molecular complexity index is 1340. The van der Waals surface area contributed by atoms with Crippen LogP contribution < -0.4 is 14.4 Å². The van der Waals surface area contributed by atoms with Gasteiger partial charge in [0, 0.05) is 13.1 Å². The van der Waals surface area contributed by atoms with Crippen molar-refractivity contribution < 1.29 is 22.7 Å². The van der Waals surface area contributed by atoms with Gasteiger partial charge in [-0.05, 0) is 61.7 Å². The number of carbonyl (C=O) groups is 2. The molecular weight excluding hydrogens is 526 g/mol. The van der Waals surface area contributed by atoms with Crippen LogP contribution in [0.3, 0.4) is 0 Å². The third kappa shape index (κ3) is 7.85. The zero-order valence-corrected chi connectivity index (χ0v) is 24.5. The van der Waals surface area contributed by atoms with Crippen LogP contribution in [-0.2, 0) is 26.2 Å². The maximum absolute atomic E-state index is 14.0. The summed E-state index contributed by atoms with van der Waals surface area (Å²) in [5, 5.41) is 2.94. The number of anilines is 1. The average molecular weight is 566 g/mol. The molecule has 0 aliphatic carbocycles. The van der Waals surface area contributed by atoms with Gasteiger partial charge in [0.25, 0.3) is 10.0 Å². The number of amides is 2. The molecule has 0 bridgehead atoms. The summed E-state index contributed by atoms with van der Waals surface area (Å²) in [5.41, 5.74) is 2.28. The lowest BCUT2D eigenvalue weighted by Crippen LogP contribution is -2.52. The first-order valence-electron chi connectivity index (χ1n) is 13.6. The molecule has 1 N–H and O–H groups in total. The van der Waals surface area contributed by atoms with E-state index in [1.807, 2.05) is 45.0 Å². The molecule has 0 unspecified atom stereocenters. The Morgan fingerprint density at radius 2 is 1.57 bits per heavy atom. The largest absolute Gasteiger partial charge is 0.497 e. The molecular formula is C31H39N3O5S. The predicted molar refractivity (Wildman–Crippen MR) is 158 cm³/mol. The smallest absolute Gasteiger partial charge is 0.264 e. The first-order chi connectivity index (χ1) is 19.2. The highest BCUT2D eigenvalue weighted by Crippen LogP contribution is 2.26. The van der Waals surface area contributed by atoms with Gasteiger partial charge < -0.3 is 15.0 Å². The van der Waals surface area contributed by atoms with E-state index >= 15 is 0 Å². The number of hydrogen-bond donors (Lipinski definition) is 1. The summed E-state index contributed by atoms with van der Waals surface area (Å²) in [6.07, 6.45) is 2.14. The Labute approximate surface area is 238 Å². The molecule has 8 nitrogen and oxygen atoms in total. The molecule has 214 valence electrons. The van der Waals surface area contributed by atoms with Gasteiger partial charge in [-0.15, -0.1) is 0 Å². The second-order valence-electron chi connectivity index (χ2n) is 9.60. The van der Waals surface area contributed by atoms with E-state index in [0.29, 0.717) is 24.4 Å². The Hall–Kier alpha value is -3.85. The fourth-order valence-corrected chi connectivity index (χ4v) is 5.73. The lowest BCUT2D eigenvalue weighted by Gasteiger charge is -2.33. The minimum absolute atomic E-state index is 0.0272. The number of sulfonamides is 1. The van der Waals surface area contributed by atoms with Crippen molar-refractivity contribution in [3.05, 3.63) is 90.0 Å². The first-order valence-corrected chi connectivity index (χ1v) is 15.0. The summed E-state index contributed by atoms with van der Waals surface area (Å²) in [6.45, 7) is 6.08. The van der Waals surface area contributed by atoms with Crippen LogP contribution in [0, 0.1) is 6.92 Å². The van der Waals surface area contributed by atoms with E-state index < -0.39 is 28.5 Å². The molecule has 0 heterocycles. The van der Waals surface area contributed by atoms with Crippen molar-refractivity contribution in [2.24, 2.45) is 0 Å². The highest BCUT2D eigenvalue weighted by atomic mass is 32.2. The van der Waals surface area contributed by atoms with E-state index in [2.05, 4.69) is 5.32 Å². The molecule has 2 amide bonds. The number of nitrogens with zero attached hydrogens (tertiary/aromatic N) is 2. The molecule has 40 heavy (non-hydrogen) atoms. The topological polar surface area (TPSA) is 96.0 Å². The summed E-state index contributed by atoms with van der Waals surface area (Å²) < 4.78 is 34.0. The third-order valence-corrected chi connectivity index (χ3v) is 8.45. The molecule has 3 aromatic rings. The van der Waals surface area contributed by atoms with Crippen LogP contribution in [-0.4, -0.2) is 51.4 Å². The summed E-state index contributed by atoms with van der Waals surface area (Å²) in [5.74, 6) is -0.204. The van der Waals surface area contributed by atoms with Crippen molar-refractivity contribution in [1.29, 1.82) is 0 Å². The number of carbonyl (C=O) groups excluding carboxylic acids is 2. The summed E-state index contributed by atoms with van der Waals surface area (Å²) >= 11 is 0. The third-order valence-electron chi connectivity index (χ3n) is 6.66. The Balaban J connectivity index is 2.00. The Morgan fingerprint density at radius 3 is 2.15 bits per heavy atom. The number of benzene rings is 3. The normalized spacial score (nSPS) is 11.9. The van der Waals surface area contributed by atoms with E-state index in [-0.39, 0.29) is 17.3 Å². The van der Waals surface area contributed by atoms with Crippen molar-refractivity contribution in [2.45, 2.75) is 57.5 Å². The van der Waals surface area contributed by atoms with Crippen LogP contribution in [0.4, 0.5) is 5.69 Å². The number of ether oxygens (including phenoxy) is 1.